The molecular weight excluding hydrogens is 241 g/mol. The van der Waals surface area contributed by atoms with Gasteiger partial charge in [0, 0.05) is 20.2 Å². The summed E-state index contributed by atoms with van der Waals surface area (Å²) in [6.45, 7) is 1.29. The first kappa shape index (κ1) is 16.1. The monoisotopic (exact) mass is 258 g/mol. The van der Waals surface area contributed by atoms with Crippen LogP contribution in [0.25, 0.3) is 0 Å². The Kier molecular flexibility index (Phi) is 7.09. The molecule has 0 aromatic heterocycles. The third-order valence-corrected chi connectivity index (χ3v) is 1.99. The van der Waals surface area contributed by atoms with Crippen molar-refractivity contribution in [1.82, 2.24) is 10.6 Å². The summed E-state index contributed by atoms with van der Waals surface area (Å²) in [4.78, 5) is 11.3. The van der Waals surface area contributed by atoms with Crippen LogP contribution in [0.4, 0.5) is 13.2 Å². The molecule has 17 heavy (non-hydrogen) atoms. The topological polar surface area (TPSA) is 70.6 Å². The van der Waals surface area contributed by atoms with Gasteiger partial charge in [-0.15, -0.1) is 0 Å². The Morgan fingerprint density at radius 3 is 2.53 bits per heavy atom. The molecule has 0 saturated carbocycles. The smallest absolute Gasteiger partial charge is 0.383 e. The molecule has 0 aliphatic carbocycles. The fourth-order valence-corrected chi connectivity index (χ4v) is 0.926. The van der Waals surface area contributed by atoms with Crippen molar-refractivity contribution in [3.8, 4) is 0 Å². The van der Waals surface area contributed by atoms with Gasteiger partial charge in [-0.05, 0) is 6.92 Å². The zero-order chi connectivity index (χ0) is 13.5. The van der Waals surface area contributed by atoms with Crippen LogP contribution in [0.5, 0.6) is 0 Å². The average Bonchev–Trinajstić information content (AvgIpc) is 2.24. The van der Waals surface area contributed by atoms with Crippen molar-refractivity contribution in [1.29, 1.82) is 0 Å². The summed E-state index contributed by atoms with van der Waals surface area (Å²) in [5, 5.41) is 13.4. The lowest BCUT2D eigenvalue weighted by Crippen LogP contribution is -2.48. The molecule has 2 unspecified atom stereocenters. The van der Waals surface area contributed by atoms with E-state index in [2.05, 4.69) is 10.6 Å². The van der Waals surface area contributed by atoms with E-state index in [-0.39, 0.29) is 6.54 Å². The number of methoxy groups -OCH3 is 1. The number of rotatable bonds is 7. The highest BCUT2D eigenvalue weighted by Gasteiger charge is 2.38. The zero-order valence-electron chi connectivity index (χ0n) is 9.67. The van der Waals surface area contributed by atoms with Crippen molar-refractivity contribution < 1.29 is 27.8 Å². The van der Waals surface area contributed by atoms with Crippen LogP contribution in [0.2, 0.25) is 0 Å². The minimum atomic E-state index is -4.68. The predicted molar refractivity (Wildman–Crippen MR) is 54.4 cm³/mol. The summed E-state index contributed by atoms with van der Waals surface area (Å²) in [6.07, 6.45) is -7.16. The van der Waals surface area contributed by atoms with Crippen molar-refractivity contribution >= 4 is 5.91 Å². The highest BCUT2D eigenvalue weighted by Crippen LogP contribution is 2.19. The predicted octanol–water partition coefficient (Wildman–Crippen LogP) is -0.350. The molecule has 0 aromatic carbocycles. The number of carbonyl (C=O) groups is 1. The van der Waals surface area contributed by atoms with Crippen LogP contribution in [-0.2, 0) is 9.53 Å². The molecule has 0 heterocycles. The molecule has 0 saturated heterocycles. The lowest BCUT2D eigenvalue weighted by molar-refractivity contribution is -0.202. The Bertz CT molecular complexity index is 236. The van der Waals surface area contributed by atoms with Gasteiger partial charge in [-0.2, -0.15) is 13.2 Å². The molecule has 5 nitrogen and oxygen atoms in total. The van der Waals surface area contributed by atoms with Gasteiger partial charge in [0.2, 0.25) is 5.91 Å². The Hall–Kier alpha value is -0.860. The Labute approximate surface area is 97.3 Å². The van der Waals surface area contributed by atoms with Gasteiger partial charge in [-0.3, -0.25) is 4.79 Å². The minimum Gasteiger partial charge on any atom is -0.383 e. The second-order valence-electron chi connectivity index (χ2n) is 3.47. The first-order valence-electron chi connectivity index (χ1n) is 5.03. The molecule has 0 bridgehead atoms. The van der Waals surface area contributed by atoms with E-state index in [1.54, 1.807) is 0 Å². The third kappa shape index (κ3) is 7.14. The van der Waals surface area contributed by atoms with E-state index in [1.807, 2.05) is 0 Å². The van der Waals surface area contributed by atoms with Crippen molar-refractivity contribution in [2.45, 2.75) is 25.2 Å². The molecule has 0 aromatic rings. The number of aliphatic hydroxyl groups excluding tert-OH is 1. The number of hydrogen-bond acceptors (Lipinski definition) is 4. The molecule has 0 fully saturated rings. The van der Waals surface area contributed by atoms with Crippen LogP contribution in [0, 0.1) is 0 Å². The van der Waals surface area contributed by atoms with E-state index < -0.39 is 30.8 Å². The third-order valence-electron chi connectivity index (χ3n) is 1.99. The molecule has 1 amide bonds. The summed E-state index contributed by atoms with van der Waals surface area (Å²) in [6, 6.07) is -0.816. The first-order valence-corrected chi connectivity index (χ1v) is 5.03. The number of hydrogen-bond donors (Lipinski definition) is 3. The van der Waals surface area contributed by atoms with E-state index in [0.717, 1.165) is 0 Å². The molecular formula is C9H17F3N2O3. The Morgan fingerprint density at radius 2 is 2.06 bits per heavy atom. The number of amides is 1. The first-order chi connectivity index (χ1) is 7.79. The summed E-state index contributed by atoms with van der Waals surface area (Å²) >= 11 is 0. The fourth-order valence-electron chi connectivity index (χ4n) is 0.926. The van der Waals surface area contributed by atoms with Gasteiger partial charge in [-0.25, -0.2) is 0 Å². The maximum absolute atomic E-state index is 11.9. The maximum Gasteiger partial charge on any atom is 0.415 e. The second kappa shape index (κ2) is 7.46. The van der Waals surface area contributed by atoms with Crippen LogP contribution in [0.15, 0.2) is 0 Å². The normalized spacial score (nSPS) is 15.4. The molecule has 0 rings (SSSR count). The largest absolute Gasteiger partial charge is 0.415 e. The Balaban J connectivity index is 3.85. The van der Waals surface area contributed by atoms with Crippen LogP contribution in [0.1, 0.15) is 6.92 Å². The van der Waals surface area contributed by atoms with Crippen molar-refractivity contribution in [3.63, 3.8) is 0 Å². The molecule has 2 atom stereocenters. The zero-order valence-corrected chi connectivity index (χ0v) is 9.67. The van der Waals surface area contributed by atoms with Crippen molar-refractivity contribution in [2.75, 3.05) is 26.8 Å². The van der Waals surface area contributed by atoms with E-state index in [4.69, 9.17) is 9.84 Å². The van der Waals surface area contributed by atoms with Gasteiger partial charge < -0.3 is 20.5 Å². The standard InChI is InChI=1S/C9H17F3N2O3/c1-6(8(16)13-3-4-17-2)14-5-7(15)9(10,11)12/h6-7,14-15H,3-5H2,1-2H3,(H,13,16). The highest BCUT2D eigenvalue weighted by atomic mass is 19.4. The number of nitrogens with one attached hydrogen (secondary N) is 2. The fraction of sp³-hybridized carbons (Fsp3) is 0.889. The van der Waals surface area contributed by atoms with E-state index in [9.17, 15) is 18.0 Å². The number of aliphatic hydroxyl groups is 1. The van der Waals surface area contributed by atoms with Crippen LogP contribution in [-0.4, -0.2) is 56.1 Å². The van der Waals surface area contributed by atoms with Gasteiger partial charge in [0.1, 0.15) is 0 Å². The Morgan fingerprint density at radius 1 is 1.47 bits per heavy atom. The van der Waals surface area contributed by atoms with E-state index in [1.165, 1.54) is 14.0 Å². The summed E-state index contributed by atoms with van der Waals surface area (Å²) in [5.41, 5.74) is 0. The average molecular weight is 258 g/mol. The maximum atomic E-state index is 11.9. The number of halogens is 3. The minimum absolute atomic E-state index is 0.281. The van der Waals surface area contributed by atoms with Gasteiger partial charge >= 0.3 is 6.18 Å². The SMILES string of the molecule is COCCNC(=O)C(C)NCC(O)C(F)(F)F. The van der Waals surface area contributed by atoms with Gasteiger partial charge in [0.15, 0.2) is 6.10 Å². The lowest BCUT2D eigenvalue weighted by atomic mass is 10.2. The van der Waals surface area contributed by atoms with E-state index >= 15 is 0 Å². The lowest BCUT2D eigenvalue weighted by Gasteiger charge is -2.18. The van der Waals surface area contributed by atoms with Gasteiger partial charge in [-0.1, -0.05) is 0 Å². The van der Waals surface area contributed by atoms with Crippen molar-refractivity contribution in [2.24, 2.45) is 0 Å². The van der Waals surface area contributed by atoms with Crippen LogP contribution >= 0.6 is 0 Å². The molecule has 102 valence electrons. The second-order valence-corrected chi connectivity index (χ2v) is 3.47. The molecule has 0 radical (unpaired) electrons. The van der Waals surface area contributed by atoms with E-state index in [0.29, 0.717) is 6.61 Å². The number of carbonyl (C=O) groups excluding carboxylic acids is 1. The quantitative estimate of drug-likeness (QED) is 0.546. The number of alkyl halides is 3. The highest BCUT2D eigenvalue weighted by molar-refractivity contribution is 5.81. The molecule has 3 N–H and O–H groups in total. The number of ether oxygens (including phenoxy) is 1. The van der Waals surface area contributed by atoms with Crippen LogP contribution in [0.3, 0.4) is 0 Å². The molecule has 0 spiro atoms. The van der Waals surface area contributed by atoms with Crippen molar-refractivity contribution in [3.05, 3.63) is 0 Å². The summed E-state index contributed by atoms with van der Waals surface area (Å²) in [7, 11) is 1.47. The molecule has 0 aliphatic heterocycles. The molecule has 0 aliphatic rings. The summed E-state index contributed by atoms with van der Waals surface area (Å²) in [5.74, 6) is -0.448. The van der Waals surface area contributed by atoms with Gasteiger partial charge in [0.05, 0.1) is 12.6 Å². The summed E-state index contributed by atoms with van der Waals surface area (Å²) < 4.78 is 40.5. The molecule has 8 heteroatoms. The van der Waals surface area contributed by atoms with Gasteiger partial charge in [0.25, 0.3) is 0 Å². The van der Waals surface area contributed by atoms with Crippen LogP contribution < -0.4 is 10.6 Å².